The maximum atomic E-state index is 12.8. The minimum Gasteiger partial charge on any atom is -0.493 e. The van der Waals surface area contributed by atoms with Crippen LogP contribution in [0.25, 0.3) is 11.3 Å². The summed E-state index contributed by atoms with van der Waals surface area (Å²) < 4.78 is 7.44. The molecule has 2 amide bonds. The van der Waals surface area contributed by atoms with E-state index in [-0.39, 0.29) is 17.9 Å². The number of para-hydroxylation sites is 1. The van der Waals surface area contributed by atoms with E-state index in [1.807, 2.05) is 28.9 Å². The number of nitrogens with one attached hydrogen (secondary N) is 2. The minimum absolute atomic E-state index is 0.109. The van der Waals surface area contributed by atoms with Crippen molar-refractivity contribution >= 4 is 29.1 Å². The Morgan fingerprint density at radius 3 is 3.00 bits per heavy atom. The molecule has 5 rings (SSSR count). The van der Waals surface area contributed by atoms with Gasteiger partial charge in [-0.15, -0.1) is 0 Å². The lowest BCUT2D eigenvalue weighted by molar-refractivity contribution is -0.128. The molecule has 0 bridgehead atoms. The smallest absolute Gasteiger partial charge is 0.253 e. The Morgan fingerprint density at radius 1 is 1.32 bits per heavy atom. The number of piperidine rings is 1. The third-order valence-corrected chi connectivity index (χ3v) is 7.13. The van der Waals surface area contributed by atoms with Crippen LogP contribution in [0, 0.1) is 11.8 Å². The molecule has 0 spiro atoms. The van der Waals surface area contributed by atoms with Crippen molar-refractivity contribution in [3.05, 3.63) is 77.2 Å². The Bertz CT molecular complexity index is 1470. The molecule has 2 N–H and O–H groups in total. The normalized spacial score (nSPS) is 16.5. The van der Waals surface area contributed by atoms with Crippen LogP contribution in [-0.2, 0) is 11.2 Å². The molecule has 1 atom stereocenters. The fourth-order valence-electron chi connectivity index (χ4n) is 4.97. The molecule has 2 aliphatic heterocycles. The SMILES string of the molecule is C=CC(=O)N1CCCC[C@@H]1C#Cc1cnccc1-c1cc2c(n1Nc1cccc(Cl)c1OC)CCNC2=O. The molecule has 1 saturated heterocycles. The number of hydrogen-bond acceptors (Lipinski definition) is 5. The number of ether oxygens (including phenoxy) is 1. The monoisotopic (exact) mass is 529 g/mol. The molecule has 38 heavy (non-hydrogen) atoms. The van der Waals surface area contributed by atoms with E-state index < -0.39 is 0 Å². The largest absolute Gasteiger partial charge is 0.493 e. The highest BCUT2D eigenvalue weighted by atomic mass is 35.5. The van der Waals surface area contributed by atoms with Gasteiger partial charge in [0.25, 0.3) is 5.91 Å². The summed E-state index contributed by atoms with van der Waals surface area (Å²) >= 11 is 6.38. The van der Waals surface area contributed by atoms with E-state index in [1.165, 1.54) is 6.08 Å². The number of pyridine rings is 1. The second kappa shape index (κ2) is 11.0. The molecule has 0 radical (unpaired) electrons. The van der Waals surface area contributed by atoms with E-state index in [4.69, 9.17) is 16.3 Å². The van der Waals surface area contributed by atoms with Crippen molar-refractivity contribution in [3.8, 4) is 28.8 Å². The molecule has 194 valence electrons. The van der Waals surface area contributed by atoms with Gasteiger partial charge in [0.15, 0.2) is 5.75 Å². The second-order valence-corrected chi connectivity index (χ2v) is 9.51. The molecule has 2 aliphatic rings. The molecule has 8 nitrogen and oxygen atoms in total. The van der Waals surface area contributed by atoms with Gasteiger partial charge in [0.05, 0.1) is 46.4 Å². The summed E-state index contributed by atoms with van der Waals surface area (Å²) in [7, 11) is 1.56. The molecule has 3 aromatic rings. The van der Waals surface area contributed by atoms with Gasteiger partial charge in [0.1, 0.15) is 0 Å². The number of nitrogens with zero attached hydrogens (tertiary/aromatic N) is 3. The molecule has 4 heterocycles. The van der Waals surface area contributed by atoms with E-state index in [2.05, 4.69) is 34.1 Å². The van der Waals surface area contributed by atoms with Crippen LogP contribution in [0.1, 0.15) is 40.9 Å². The van der Waals surface area contributed by atoms with Crippen LogP contribution in [0.3, 0.4) is 0 Å². The predicted octanol–water partition coefficient (Wildman–Crippen LogP) is 4.29. The van der Waals surface area contributed by atoms with Gasteiger partial charge in [0.2, 0.25) is 5.91 Å². The zero-order valence-electron chi connectivity index (χ0n) is 21.1. The summed E-state index contributed by atoms with van der Waals surface area (Å²) in [5.41, 5.74) is 7.76. The van der Waals surface area contributed by atoms with Gasteiger partial charge in [-0.1, -0.05) is 36.1 Å². The van der Waals surface area contributed by atoms with Crippen LogP contribution in [-0.4, -0.2) is 52.6 Å². The molecule has 2 aromatic heterocycles. The van der Waals surface area contributed by atoms with Crippen LogP contribution in [0.5, 0.6) is 5.75 Å². The lowest BCUT2D eigenvalue weighted by atomic mass is 10.0. The van der Waals surface area contributed by atoms with Crippen LogP contribution in [0.15, 0.2) is 55.4 Å². The molecular formula is C29H28ClN5O3. The quantitative estimate of drug-likeness (QED) is 0.380. The van der Waals surface area contributed by atoms with Crippen molar-refractivity contribution in [2.45, 2.75) is 31.7 Å². The fourth-order valence-corrected chi connectivity index (χ4v) is 5.23. The van der Waals surface area contributed by atoms with Gasteiger partial charge < -0.3 is 15.0 Å². The van der Waals surface area contributed by atoms with Crippen LogP contribution in [0.2, 0.25) is 5.02 Å². The summed E-state index contributed by atoms with van der Waals surface area (Å²) in [6.45, 7) is 4.83. The topological polar surface area (TPSA) is 88.5 Å². The van der Waals surface area contributed by atoms with Crippen LogP contribution < -0.4 is 15.5 Å². The lowest BCUT2D eigenvalue weighted by Crippen LogP contribution is -2.42. The highest BCUT2D eigenvalue weighted by Crippen LogP contribution is 2.35. The number of methoxy groups -OCH3 is 1. The van der Waals surface area contributed by atoms with E-state index in [0.29, 0.717) is 47.1 Å². The highest BCUT2D eigenvalue weighted by molar-refractivity contribution is 6.32. The number of carbonyl (C=O) groups excluding carboxylic acids is 2. The zero-order valence-corrected chi connectivity index (χ0v) is 21.8. The summed E-state index contributed by atoms with van der Waals surface area (Å²) in [4.78, 5) is 31.2. The molecule has 0 aliphatic carbocycles. The van der Waals surface area contributed by atoms with Gasteiger partial charge in [-0.25, -0.2) is 0 Å². The van der Waals surface area contributed by atoms with Gasteiger partial charge in [-0.05, 0) is 49.6 Å². The van der Waals surface area contributed by atoms with Crippen molar-refractivity contribution < 1.29 is 14.3 Å². The molecule has 9 heteroatoms. The third-order valence-electron chi connectivity index (χ3n) is 6.83. The number of benzene rings is 1. The first-order chi connectivity index (χ1) is 18.5. The molecule has 0 saturated carbocycles. The number of likely N-dealkylation sites (tertiary alicyclic amines) is 1. The van der Waals surface area contributed by atoms with Crippen molar-refractivity contribution in [1.29, 1.82) is 0 Å². The maximum Gasteiger partial charge on any atom is 0.253 e. The van der Waals surface area contributed by atoms with E-state index >= 15 is 0 Å². The number of halogens is 1. The van der Waals surface area contributed by atoms with E-state index in [9.17, 15) is 9.59 Å². The third kappa shape index (κ3) is 4.85. The average Bonchev–Trinajstić information content (AvgIpc) is 3.31. The standard InChI is InChI=1S/C29H28ClN5O3/c1-3-27(36)34-16-5-4-7-20(34)11-10-19-18-31-14-12-21(19)26-17-22-25(13-15-32-29(22)37)35(26)33-24-9-6-8-23(30)28(24)38-2/h3,6,8-9,12,14,17-18,20,33H,1,4-5,7,13,15-16H2,2H3,(H,32,37)/t20-/m1/s1. The zero-order chi connectivity index (χ0) is 26.6. The first kappa shape index (κ1) is 25.4. The van der Waals surface area contributed by atoms with Crippen molar-refractivity contribution in [3.63, 3.8) is 0 Å². The lowest BCUT2D eigenvalue weighted by Gasteiger charge is -2.31. The van der Waals surface area contributed by atoms with Crippen molar-refractivity contribution in [2.24, 2.45) is 0 Å². The maximum absolute atomic E-state index is 12.8. The highest BCUT2D eigenvalue weighted by Gasteiger charge is 2.27. The number of hydrogen-bond donors (Lipinski definition) is 2. The number of carbonyl (C=O) groups is 2. The van der Waals surface area contributed by atoms with Crippen molar-refractivity contribution in [2.75, 3.05) is 25.6 Å². The Morgan fingerprint density at radius 2 is 2.18 bits per heavy atom. The van der Waals surface area contributed by atoms with Crippen LogP contribution >= 0.6 is 11.6 Å². The summed E-state index contributed by atoms with van der Waals surface area (Å²) in [5, 5.41) is 3.39. The Labute approximate surface area is 226 Å². The summed E-state index contributed by atoms with van der Waals surface area (Å²) in [6.07, 6.45) is 8.17. The van der Waals surface area contributed by atoms with E-state index in [0.717, 1.165) is 36.2 Å². The number of aromatic nitrogens is 2. The van der Waals surface area contributed by atoms with E-state index in [1.54, 1.807) is 30.5 Å². The number of fused-ring (bicyclic) bond motifs is 1. The Kier molecular flexibility index (Phi) is 7.38. The molecule has 0 unspecified atom stereocenters. The van der Waals surface area contributed by atoms with Gasteiger partial charge in [-0.2, -0.15) is 0 Å². The average molecular weight is 530 g/mol. The number of anilines is 1. The predicted molar refractivity (Wildman–Crippen MR) is 147 cm³/mol. The first-order valence-electron chi connectivity index (χ1n) is 12.5. The first-order valence-corrected chi connectivity index (χ1v) is 12.9. The fraction of sp³-hybridized carbons (Fsp3) is 0.276. The van der Waals surface area contributed by atoms with Crippen LogP contribution in [0.4, 0.5) is 5.69 Å². The summed E-state index contributed by atoms with van der Waals surface area (Å²) in [6, 6.07) is 9.01. The second-order valence-electron chi connectivity index (χ2n) is 9.10. The molecular weight excluding hydrogens is 502 g/mol. The Balaban J connectivity index is 1.60. The summed E-state index contributed by atoms with van der Waals surface area (Å²) in [5.74, 6) is 6.84. The Hall–Kier alpha value is -4.22. The minimum atomic E-state index is -0.193. The van der Waals surface area contributed by atoms with Gasteiger partial charge in [0, 0.05) is 37.5 Å². The van der Waals surface area contributed by atoms with Gasteiger partial charge in [-0.3, -0.25) is 24.7 Å². The van der Waals surface area contributed by atoms with Gasteiger partial charge >= 0.3 is 0 Å². The molecule has 1 aromatic carbocycles. The van der Waals surface area contributed by atoms with Crippen molar-refractivity contribution in [1.82, 2.24) is 19.9 Å². The number of rotatable bonds is 5. The number of amides is 2. The molecule has 1 fully saturated rings.